The fourth-order valence-electron chi connectivity index (χ4n) is 1.46. The third-order valence-electron chi connectivity index (χ3n) is 2.47. The second-order valence-corrected chi connectivity index (χ2v) is 4.04. The Balaban J connectivity index is 3.49. The van der Waals surface area contributed by atoms with Gasteiger partial charge in [-0.25, -0.2) is 0 Å². The van der Waals surface area contributed by atoms with Gasteiger partial charge in [0.15, 0.2) is 0 Å². The molecule has 0 aliphatic heterocycles. The molecule has 3 nitrogen and oxygen atoms in total. The SMILES string of the molecule is COc1cc(C(F)(F)F)c(C(C)C(=O)O)cc1Cl. The maximum absolute atomic E-state index is 12.8. The zero-order chi connectivity index (χ0) is 14.1. The number of methoxy groups -OCH3 is 1. The lowest BCUT2D eigenvalue weighted by atomic mass is 9.95. The predicted molar refractivity (Wildman–Crippen MR) is 59.1 cm³/mol. The molecule has 0 radical (unpaired) electrons. The fourth-order valence-corrected chi connectivity index (χ4v) is 1.71. The van der Waals surface area contributed by atoms with Gasteiger partial charge in [0.05, 0.1) is 23.6 Å². The smallest absolute Gasteiger partial charge is 0.416 e. The third kappa shape index (κ3) is 2.87. The van der Waals surface area contributed by atoms with E-state index < -0.39 is 23.6 Å². The van der Waals surface area contributed by atoms with Crippen LogP contribution in [-0.4, -0.2) is 18.2 Å². The quantitative estimate of drug-likeness (QED) is 0.922. The largest absolute Gasteiger partial charge is 0.495 e. The highest BCUT2D eigenvalue weighted by Crippen LogP contribution is 2.40. The van der Waals surface area contributed by atoms with Crippen LogP contribution in [0.4, 0.5) is 13.2 Å². The van der Waals surface area contributed by atoms with Crippen molar-refractivity contribution in [1.29, 1.82) is 0 Å². The number of carbonyl (C=O) groups is 1. The van der Waals surface area contributed by atoms with Crippen molar-refractivity contribution in [1.82, 2.24) is 0 Å². The summed E-state index contributed by atoms with van der Waals surface area (Å²) in [5, 5.41) is 8.74. The normalized spacial score (nSPS) is 13.2. The van der Waals surface area contributed by atoms with Crippen LogP contribution in [0.3, 0.4) is 0 Å². The molecular formula is C11H10ClF3O3. The van der Waals surface area contributed by atoms with Crippen LogP contribution in [0, 0.1) is 0 Å². The van der Waals surface area contributed by atoms with Gasteiger partial charge in [-0.2, -0.15) is 13.2 Å². The molecule has 1 aromatic rings. The molecule has 0 heterocycles. The van der Waals surface area contributed by atoms with Crippen molar-refractivity contribution >= 4 is 17.6 Å². The van der Waals surface area contributed by atoms with Gasteiger partial charge in [0.2, 0.25) is 0 Å². The van der Waals surface area contributed by atoms with Crippen molar-refractivity contribution in [2.24, 2.45) is 0 Å². The summed E-state index contributed by atoms with van der Waals surface area (Å²) in [4.78, 5) is 10.8. The number of hydrogen-bond acceptors (Lipinski definition) is 2. The fraction of sp³-hybridized carbons (Fsp3) is 0.364. The highest BCUT2D eigenvalue weighted by molar-refractivity contribution is 6.32. The van der Waals surface area contributed by atoms with Gasteiger partial charge in [0.25, 0.3) is 0 Å². The Hall–Kier alpha value is -1.43. The molecule has 1 aromatic carbocycles. The lowest BCUT2D eigenvalue weighted by Crippen LogP contribution is -2.16. The van der Waals surface area contributed by atoms with Gasteiger partial charge >= 0.3 is 12.1 Å². The Morgan fingerprint density at radius 2 is 2.00 bits per heavy atom. The summed E-state index contributed by atoms with van der Waals surface area (Å²) < 4.78 is 43.2. The summed E-state index contributed by atoms with van der Waals surface area (Å²) in [6.07, 6.45) is -4.67. The molecule has 0 fully saturated rings. The van der Waals surface area contributed by atoms with Crippen LogP contribution >= 0.6 is 11.6 Å². The van der Waals surface area contributed by atoms with Gasteiger partial charge in [-0.3, -0.25) is 4.79 Å². The Morgan fingerprint density at radius 3 is 2.39 bits per heavy atom. The van der Waals surface area contributed by atoms with Gasteiger partial charge in [0.1, 0.15) is 5.75 Å². The van der Waals surface area contributed by atoms with Crippen LogP contribution < -0.4 is 4.74 Å². The average molecular weight is 283 g/mol. The minimum absolute atomic E-state index is 0.0615. The molecule has 18 heavy (non-hydrogen) atoms. The molecule has 0 aliphatic rings. The molecule has 0 amide bonds. The second-order valence-electron chi connectivity index (χ2n) is 3.63. The van der Waals surface area contributed by atoms with Crippen LogP contribution in [0.2, 0.25) is 5.02 Å². The maximum Gasteiger partial charge on any atom is 0.416 e. The van der Waals surface area contributed by atoms with E-state index in [1.54, 1.807) is 0 Å². The first-order chi connectivity index (χ1) is 8.18. The zero-order valence-corrected chi connectivity index (χ0v) is 10.3. The van der Waals surface area contributed by atoms with Crippen LogP contribution in [0.1, 0.15) is 24.0 Å². The van der Waals surface area contributed by atoms with Gasteiger partial charge < -0.3 is 9.84 Å². The summed E-state index contributed by atoms with van der Waals surface area (Å²) in [5.74, 6) is -2.82. The number of carboxylic acid groups (broad SMARTS) is 1. The molecule has 0 saturated carbocycles. The molecule has 1 rings (SSSR count). The molecule has 100 valence electrons. The van der Waals surface area contributed by atoms with Gasteiger partial charge in [-0.15, -0.1) is 0 Å². The minimum atomic E-state index is -4.67. The first-order valence-electron chi connectivity index (χ1n) is 4.86. The van der Waals surface area contributed by atoms with Crippen LogP contribution in [0.15, 0.2) is 12.1 Å². The average Bonchev–Trinajstić information content (AvgIpc) is 2.25. The summed E-state index contributed by atoms with van der Waals surface area (Å²) in [7, 11) is 1.18. The molecule has 1 N–H and O–H groups in total. The number of alkyl halides is 3. The van der Waals surface area contributed by atoms with Gasteiger partial charge in [-0.1, -0.05) is 11.6 Å². The topological polar surface area (TPSA) is 46.5 Å². The van der Waals surface area contributed by atoms with E-state index >= 15 is 0 Å². The lowest BCUT2D eigenvalue weighted by Gasteiger charge is -2.17. The molecule has 1 unspecified atom stereocenters. The summed E-state index contributed by atoms with van der Waals surface area (Å²) >= 11 is 5.72. The van der Waals surface area contributed by atoms with Crippen molar-refractivity contribution in [3.05, 3.63) is 28.3 Å². The number of benzene rings is 1. The van der Waals surface area contributed by atoms with Crippen LogP contribution in [-0.2, 0) is 11.0 Å². The van der Waals surface area contributed by atoms with E-state index in [9.17, 15) is 18.0 Å². The van der Waals surface area contributed by atoms with E-state index in [1.165, 1.54) is 7.11 Å². The maximum atomic E-state index is 12.8. The molecule has 0 aliphatic carbocycles. The Bertz CT molecular complexity index is 471. The molecule has 0 bridgehead atoms. The molecule has 7 heteroatoms. The van der Waals surface area contributed by atoms with Gasteiger partial charge in [0, 0.05) is 0 Å². The van der Waals surface area contributed by atoms with E-state index in [2.05, 4.69) is 0 Å². The number of aliphatic carboxylic acids is 1. The summed E-state index contributed by atoms with van der Waals surface area (Å²) in [5.41, 5.74) is -1.44. The Morgan fingerprint density at radius 1 is 1.44 bits per heavy atom. The van der Waals surface area contributed by atoms with E-state index in [4.69, 9.17) is 21.4 Å². The first-order valence-corrected chi connectivity index (χ1v) is 5.23. The lowest BCUT2D eigenvalue weighted by molar-refractivity contribution is -0.141. The molecular weight excluding hydrogens is 273 g/mol. The Labute approximate surface area is 106 Å². The molecule has 0 spiro atoms. The number of ether oxygens (including phenoxy) is 1. The van der Waals surface area contributed by atoms with Crippen molar-refractivity contribution < 1.29 is 27.8 Å². The van der Waals surface area contributed by atoms with E-state index in [0.29, 0.717) is 6.07 Å². The molecule has 0 aromatic heterocycles. The van der Waals surface area contributed by atoms with Crippen LogP contribution in [0.25, 0.3) is 0 Å². The standard InChI is InChI=1S/C11H10ClF3O3/c1-5(10(16)17)6-3-8(12)9(18-2)4-7(6)11(13,14)15/h3-5H,1-2H3,(H,16,17). The summed E-state index contributed by atoms with van der Waals surface area (Å²) in [6.45, 7) is 1.16. The highest BCUT2D eigenvalue weighted by Gasteiger charge is 2.37. The molecule has 0 saturated heterocycles. The number of hydrogen-bond donors (Lipinski definition) is 1. The van der Waals surface area contributed by atoms with E-state index in [1.807, 2.05) is 0 Å². The van der Waals surface area contributed by atoms with Gasteiger partial charge in [-0.05, 0) is 24.6 Å². The monoisotopic (exact) mass is 282 g/mol. The van der Waals surface area contributed by atoms with Crippen LogP contribution in [0.5, 0.6) is 5.75 Å². The van der Waals surface area contributed by atoms with Crippen molar-refractivity contribution in [3.63, 3.8) is 0 Å². The summed E-state index contributed by atoms with van der Waals surface area (Å²) in [6, 6.07) is 1.68. The molecule has 1 atom stereocenters. The second kappa shape index (κ2) is 5.06. The third-order valence-corrected chi connectivity index (χ3v) is 2.76. The predicted octanol–water partition coefficient (Wildman–Crippen LogP) is 3.56. The minimum Gasteiger partial charge on any atom is -0.495 e. The number of rotatable bonds is 3. The van der Waals surface area contributed by atoms with Crippen molar-refractivity contribution in [2.45, 2.75) is 19.0 Å². The first kappa shape index (κ1) is 14.6. The van der Waals surface area contributed by atoms with E-state index in [0.717, 1.165) is 13.0 Å². The Kier molecular flexibility index (Phi) is 4.11. The number of carboxylic acids is 1. The van der Waals surface area contributed by atoms with Crippen molar-refractivity contribution in [3.8, 4) is 5.75 Å². The number of halogens is 4. The highest BCUT2D eigenvalue weighted by atomic mass is 35.5. The van der Waals surface area contributed by atoms with E-state index in [-0.39, 0.29) is 16.3 Å². The van der Waals surface area contributed by atoms with Crippen molar-refractivity contribution in [2.75, 3.05) is 7.11 Å². The zero-order valence-electron chi connectivity index (χ0n) is 9.51.